The lowest BCUT2D eigenvalue weighted by Gasteiger charge is -2.36. The van der Waals surface area contributed by atoms with Gasteiger partial charge < -0.3 is 10.2 Å². The lowest BCUT2D eigenvalue weighted by atomic mass is 9.83. The average Bonchev–Trinajstić information content (AvgIpc) is 3.18. The topological polar surface area (TPSA) is 50.2 Å². The van der Waals surface area contributed by atoms with E-state index in [0.717, 1.165) is 18.9 Å². The van der Waals surface area contributed by atoms with Crippen LogP contribution in [0, 0.1) is 5.92 Å². The Morgan fingerprint density at radius 1 is 1.23 bits per heavy atom. The molecule has 5 heteroatoms. The molecule has 0 unspecified atom stereocenters. The van der Waals surface area contributed by atoms with Crippen LogP contribution in [0.5, 0.6) is 0 Å². The van der Waals surface area contributed by atoms with Crippen molar-refractivity contribution in [2.75, 3.05) is 26.7 Å². The normalized spacial score (nSPS) is 23.4. The van der Waals surface area contributed by atoms with Crippen LogP contribution in [0.25, 0.3) is 0 Å². The van der Waals surface area contributed by atoms with Crippen LogP contribution in [-0.4, -0.2) is 47.3 Å². The Morgan fingerprint density at radius 3 is 2.92 bits per heavy atom. The van der Waals surface area contributed by atoms with Gasteiger partial charge in [-0.1, -0.05) is 24.3 Å². The summed E-state index contributed by atoms with van der Waals surface area (Å²) in [5.74, 6) is 0.639. The van der Waals surface area contributed by atoms with E-state index < -0.39 is 0 Å². The van der Waals surface area contributed by atoms with E-state index in [-0.39, 0.29) is 5.91 Å². The van der Waals surface area contributed by atoms with Gasteiger partial charge in [-0.15, -0.1) is 0 Å². The van der Waals surface area contributed by atoms with Crippen LogP contribution in [0.1, 0.15) is 46.9 Å². The van der Waals surface area contributed by atoms with Crippen molar-refractivity contribution in [2.45, 2.75) is 38.1 Å². The van der Waals surface area contributed by atoms with E-state index in [9.17, 15) is 4.79 Å². The van der Waals surface area contributed by atoms with Gasteiger partial charge in [-0.2, -0.15) is 5.10 Å². The molecule has 1 aromatic heterocycles. The minimum atomic E-state index is -0.114. The fourth-order valence-electron chi connectivity index (χ4n) is 4.50. The maximum Gasteiger partial charge on any atom is 0.271 e. The number of benzene rings is 1. The van der Waals surface area contributed by atoms with Crippen molar-refractivity contribution in [2.24, 2.45) is 5.92 Å². The van der Waals surface area contributed by atoms with Crippen LogP contribution < -0.4 is 5.32 Å². The number of likely N-dealkylation sites (tertiary alicyclic amines) is 1. The Morgan fingerprint density at radius 2 is 2.08 bits per heavy atom. The summed E-state index contributed by atoms with van der Waals surface area (Å²) >= 11 is 0. The molecule has 0 radical (unpaired) electrons. The van der Waals surface area contributed by atoms with E-state index in [0.29, 0.717) is 11.7 Å². The fraction of sp³-hybridized carbons (Fsp3) is 0.524. The molecule has 2 aromatic rings. The van der Waals surface area contributed by atoms with Gasteiger partial charge in [-0.3, -0.25) is 9.48 Å². The second-order valence-corrected chi connectivity index (χ2v) is 7.69. The van der Waals surface area contributed by atoms with E-state index in [2.05, 4.69) is 39.6 Å². The van der Waals surface area contributed by atoms with Crippen molar-refractivity contribution < 1.29 is 4.79 Å². The smallest absolute Gasteiger partial charge is 0.271 e. The number of aromatic nitrogens is 2. The molecule has 2 heterocycles. The molecule has 138 valence electrons. The number of piperidine rings is 1. The number of hydrogen-bond acceptors (Lipinski definition) is 3. The van der Waals surface area contributed by atoms with Crippen molar-refractivity contribution in [3.8, 4) is 0 Å². The second kappa shape index (κ2) is 7.62. The van der Waals surface area contributed by atoms with Crippen LogP contribution in [0.3, 0.4) is 0 Å². The first kappa shape index (κ1) is 17.3. The summed E-state index contributed by atoms with van der Waals surface area (Å²) in [6.45, 7) is 3.39. The molecule has 0 spiro atoms. The molecule has 1 aliphatic carbocycles. The molecule has 1 saturated heterocycles. The highest BCUT2D eigenvalue weighted by Crippen LogP contribution is 2.28. The third-order valence-electron chi connectivity index (χ3n) is 5.89. The quantitative estimate of drug-likeness (QED) is 0.920. The third kappa shape index (κ3) is 3.68. The maximum absolute atomic E-state index is 11.7. The van der Waals surface area contributed by atoms with Crippen LogP contribution in [-0.2, 0) is 12.8 Å². The highest BCUT2D eigenvalue weighted by Gasteiger charge is 2.26. The summed E-state index contributed by atoms with van der Waals surface area (Å²) in [6, 6.07) is 11.1. The standard InChI is InChI=1S/C21H28N4O/c1-22-21(26)20-10-12-25(23-20)19-7-4-11-24(15-19)14-16-8-9-17-5-2-3-6-18(17)13-16/h2-3,5-6,10,12,16,19H,4,7-9,11,13-15H2,1H3,(H,22,26)/t16-,19-/m0/s1. The zero-order chi connectivity index (χ0) is 17.9. The van der Waals surface area contributed by atoms with E-state index in [4.69, 9.17) is 0 Å². The van der Waals surface area contributed by atoms with E-state index in [1.54, 1.807) is 18.2 Å². The number of carbonyl (C=O) groups excluding carboxylic acids is 1. The fourth-order valence-corrected chi connectivity index (χ4v) is 4.50. The number of amides is 1. The Kier molecular flexibility index (Phi) is 5.07. The largest absolute Gasteiger partial charge is 0.354 e. The van der Waals surface area contributed by atoms with Crippen molar-refractivity contribution in [1.29, 1.82) is 0 Å². The summed E-state index contributed by atoms with van der Waals surface area (Å²) in [7, 11) is 1.64. The first-order valence-electron chi connectivity index (χ1n) is 9.79. The number of hydrogen-bond donors (Lipinski definition) is 1. The van der Waals surface area contributed by atoms with E-state index in [1.807, 2.05) is 16.9 Å². The first-order valence-corrected chi connectivity index (χ1v) is 9.79. The van der Waals surface area contributed by atoms with E-state index >= 15 is 0 Å². The highest BCUT2D eigenvalue weighted by molar-refractivity contribution is 5.91. The van der Waals surface area contributed by atoms with Gasteiger partial charge in [0.2, 0.25) is 0 Å². The predicted molar refractivity (Wildman–Crippen MR) is 102 cm³/mol. The lowest BCUT2D eigenvalue weighted by Crippen LogP contribution is -2.40. The van der Waals surface area contributed by atoms with Crippen molar-refractivity contribution in [3.63, 3.8) is 0 Å². The van der Waals surface area contributed by atoms with Gasteiger partial charge in [0, 0.05) is 26.3 Å². The number of rotatable bonds is 4. The monoisotopic (exact) mass is 352 g/mol. The molecule has 1 N–H and O–H groups in total. The summed E-state index contributed by atoms with van der Waals surface area (Å²) < 4.78 is 1.99. The van der Waals surface area contributed by atoms with Gasteiger partial charge in [0.15, 0.2) is 0 Å². The predicted octanol–water partition coefficient (Wildman–Crippen LogP) is 2.68. The molecule has 1 fully saturated rings. The average molecular weight is 352 g/mol. The minimum absolute atomic E-state index is 0.114. The van der Waals surface area contributed by atoms with Gasteiger partial charge in [-0.05, 0) is 61.8 Å². The number of carbonyl (C=O) groups is 1. The molecule has 1 aliphatic heterocycles. The summed E-state index contributed by atoms with van der Waals surface area (Å²) in [6.07, 6.45) is 8.01. The SMILES string of the molecule is CNC(=O)c1ccn([C@H]2CCCN(C[C@H]3CCc4ccccc4C3)C2)n1. The van der Waals surface area contributed by atoms with Crippen molar-refractivity contribution in [3.05, 3.63) is 53.3 Å². The summed E-state index contributed by atoms with van der Waals surface area (Å²) in [4.78, 5) is 14.3. The summed E-state index contributed by atoms with van der Waals surface area (Å²) in [5.41, 5.74) is 3.59. The van der Waals surface area contributed by atoms with Crippen molar-refractivity contribution >= 4 is 5.91 Å². The van der Waals surface area contributed by atoms with E-state index in [1.165, 1.54) is 38.8 Å². The van der Waals surface area contributed by atoms with Crippen LogP contribution in [0.4, 0.5) is 0 Å². The Labute approximate surface area is 155 Å². The molecule has 1 aromatic carbocycles. The molecule has 2 aliphatic rings. The zero-order valence-electron chi connectivity index (χ0n) is 15.5. The van der Waals surface area contributed by atoms with Gasteiger partial charge >= 0.3 is 0 Å². The summed E-state index contributed by atoms with van der Waals surface area (Å²) in [5, 5.41) is 7.14. The molecule has 0 bridgehead atoms. The molecule has 5 nitrogen and oxygen atoms in total. The number of nitrogens with zero attached hydrogens (tertiary/aromatic N) is 3. The Balaban J connectivity index is 1.37. The minimum Gasteiger partial charge on any atom is -0.354 e. The first-order chi connectivity index (χ1) is 12.7. The zero-order valence-corrected chi connectivity index (χ0v) is 15.5. The second-order valence-electron chi connectivity index (χ2n) is 7.69. The number of aryl methyl sites for hydroxylation is 1. The number of nitrogens with one attached hydrogen (secondary N) is 1. The third-order valence-corrected chi connectivity index (χ3v) is 5.89. The molecular formula is C21H28N4O. The van der Waals surface area contributed by atoms with Crippen molar-refractivity contribution in [1.82, 2.24) is 20.0 Å². The van der Waals surface area contributed by atoms with Crippen LogP contribution in [0.15, 0.2) is 36.5 Å². The molecule has 2 atom stereocenters. The maximum atomic E-state index is 11.7. The van der Waals surface area contributed by atoms with Crippen LogP contribution in [0.2, 0.25) is 0 Å². The Hall–Kier alpha value is -2.14. The molecule has 1 amide bonds. The highest BCUT2D eigenvalue weighted by atomic mass is 16.1. The Bertz CT molecular complexity index is 769. The molecule has 4 rings (SSSR count). The van der Waals surface area contributed by atoms with Gasteiger partial charge in [0.05, 0.1) is 6.04 Å². The van der Waals surface area contributed by atoms with Crippen LogP contribution >= 0.6 is 0 Å². The molecule has 0 saturated carbocycles. The number of fused-ring (bicyclic) bond motifs is 1. The molecule has 26 heavy (non-hydrogen) atoms. The van der Waals surface area contributed by atoms with Gasteiger partial charge in [0.25, 0.3) is 5.91 Å². The van der Waals surface area contributed by atoms with Gasteiger partial charge in [0.1, 0.15) is 5.69 Å². The van der Waals surface area contributed by atoms with Gasteiger partial charge in [-0.25, -0.2) is 0 Å². The lowest BCUT2D eigenvalue weighted by molar-refractivity contribution is 0.0955. The molecular weight excluding hydrogens is 324 g/mol.